The van der Waals surface area contributed by atoms with E-state index < -0.39 is 0 Å². The number of benzene rings is 1. The highest BCUT2D eigenvalue weighted by atomic mass is 16.2. The first-order valence-electron chi connectivity index (χ1n) is 5.53. The van der Waals surface area contributed by atoms with E-state index in [0.717, 1.165) is 13.0 Å². The first-order valence-corrected chi connectivity index (χ1v) is 5.53. The summed E-state index contributed by atoms with van der Waals surface area (Å²) in [5, 5.41) is 0. The Labute approximate surface area is 90.9 Å². The fourth-order valence-corrected chi connectivity index (χ4v) is 1.67. The molecule has 15 heavy (non-hydrogen) atoms. The number of carbonyl (C=O) groups is 1. The predicted octanol–water partition coefficient (Wildman–Crippen LogP) is 2.45. The summed E-state index contributed by atoms with van der Waals surface area (Å²) >= 11 is 0. The Morgan fingerprint density at radius 2 is 2.00 bits per heavy atom. The second kappa shape index (κ2) is 4.47. The van der Waals surface area contributed by atoms with E-state index in [9.17, 15) is 4.79 Å². The molecule has 1 amide bonds. The molecule has 1 aliphatic carbocycles. The molecule has 0 aliphatic heterocycles. The number of amides is 1. The van der Waals surface area contributed by atoms with Crippen molar-refractivity contribution in [2.45, 2.75) is 25.8 Å². The third-order valence-corrected chi connectivity index (χ3v) is 2.85. The number of hydrogen-bond acceptors (Lipinski definition) is 1. The molecule has 2 nitrogen and oxygen atoms in total. The summed E-state index contributed by atoms with van der Waals surface area (Å²) in [6.45, 7) is 0.729. The second-order valence-corrected chi connectivity index (χ2v) is 4.38. The molecule has 1 aromatic rings. The maximum absolute atomic E-state index is 11.7. The first kappa shape index (κ1) is 10.2. The maximum Gasteiger partial charge on any atom is 0.222 e. The molecule has 1 aliphatic rings. The van der Waals surface area contributed by atoms with Gasteiger partial charge in [-0.25, -0.2) is 0 Å². The van der Waals surface area contributed by atoms with Crippen molar-refractivity contribution in [3.63, 3.8) is 0 Å². The van der Waals surface area contributed by atoms with Gasteiger partial charge >= 0.3 is 0 Å². The molecule has 2 heteroatoms. The van der Waals surface area contributed by atoms with Crippen LogP contribution < -0.4 is 0 Å². The van der Waals surface area contributed by atoms with Crippen molar-refractivity contribution < 1.29 is 4.79 Å². The minimum atomic E-state index is 0.279. The van der Waals surface area contributed by atoms with Gasteiger partial charge in [0.1, 0.15) is 0 Å². The molecule has 0 heterocycles. The quantitative estimate of drug-likeness (QED) is 0.736. The van der Waals surface area contributed by atoms with Gasteiger partial charge in [0.15, 0.2) is 0 Å². The van der Waals surface area contributed by atoms with Crippen LogP contribution in [0.4, 0.5) is 0 Å². The van der Waals surface area contributed by atoms with E-state index >= 15 is 0 Å². The first-order chi connectivity index (χ1) is 7.25. The Kier molecular flexibility index (Phi) is 3.05. The van der Waals surface area contributed by atoms with Crippen molar-refractivity contribution in [3.8, 4) is 0 Å². The molecular formula is C13H17NO. The van der Waals surface area contributed by atoms with E-state index in [1.54, 1.807) is 0 Å². The molecule has 80 valence electrons. The highest BCUT2D eigenvalue weighted by Crippen LogP contribution is 2.32. The van der Waals surface area contributed by atoms with Crippen LogP contribution in [0, 0.1) is 5.92 Å². The molecule has 2 rings (SSSR count). The fraction of sp³-hybridized carbons (Fsp3) is 0.462. The highest BCUT2D eigenvalue weighted by molar-refractivity contribution is 5.76. The van der Waals surface area contributed by atoms with E-state index in [1.165, 1.54) is 18.4 Å². The SMILES string of the molecule is CN(Cc1ccccc1)C(=O)CC1CC1. The van der Waals surface area contributed by atoms with Gasteiger partial charge in [-0.1, -0.05) is 30.3 Å². The molecule has 0 aromatic heterocycles. The van der Waals surface area contributed by atoms with Gasteiger partial charge in [0.25, 0.3) is 0 Å². The smallest absolute Gasteiger partial charge is 0.222 e. The average Bonchev–Trinajstić information content (AvgIpc) is 3.03. The molecule has 0 saturated heterocycles. The van der Waals surface area contributed by atoms with Crippen LogP contribution in [0.15, 0.2) is 30.3 Å². The van der Waals surface area contributed by atoms with Crippen molar-refractivity contribution in [3.05, 3.63) is 35.9 Å². The largest absolute Gasteiger partial charge is 0.341 e. The molecular weight excluding hydrogens is 186 g/mol. The number of carbonyl (C=O) groups excluding carboxylic acids is 1. The van der Waals surface area contributed by atoms with E-state index in [4.69, 9.17) is 0 Å². The Balaban J connectivity index is 1.85. The Morgan fingerprint density at radius 1 is 1.33 bits per heavy atom. The molecule has 0 radical (unpaired) electrons. The Bertz CT molecular complexity index is 330. The standard InChI is InChI=1S/C13H17NO/c1-14(13(15)9-11-7-8-11)10-12-5-3-2-4-6-12/h2-6,11H,7-10H2,1H3. The highest BCUT2D eigenvalue weighted by Gasteiger charge is 2.25. The van der Waals surface area contributed by atoms with Crippen LogP contribution in [0.3, 0.4) is 0 Å². The van der Waals surface area contributed by atoms with Crippen LogP contribution in [-0.4, -0.2) is 17.9 Å². The van der Waals surface area contributed by atoms with Crippen molar-refractivity contribution in [1.29, 1.82) is 0 Å². The van der Waals surface area contributed by atoms with Gasteiger partial charge in [0.2, 0.25) is 5.91 Å². The van der Waals surface area contributed by atoms with Gasteiger partial charge in [-0.05, 0) is 24.3 Å². The number of nitrogens with zero attached hydrogens (tertiary/aromatic N) is 1. The summed E-state index contributed by atoms with van der Waals surface area (Å²) in [6, 6.07) is 10.1. The molecule has 0 unspecified atom stereocenters. The van der Waals surface area contributed by atoms with Crippen molar-refractivity contribution in [2.75, 3.05) is 7.05 Å². The van der Waals surface area contributed by atoms with Gasteiger partial charge in [0, 0.05) is 20.0 Å². The van der Waals surface area contributed by atoms with Crippen LogP contribution in [0.5, 0.6) is 0 Å². The summed E-state index contributed by atoms with van der Waals surface area (Å²) in [7, 11) is 1.89. The Morgan fingerprint density at radius 3 is 2.60 bits per heavy atom. The minimum absolute atomic E-state index is 0.279. The van der Waals surface area contributed by atoms with Crippen molar-refractivity contribution >= 4 is 5.91 Å². The van der Waals surface area contributed by atoms with Crippen LogP contribution >= 0.6 is 0 Å². The zero-order chi connectivity index (χ0) is 10.7. The van der Waals surface area contributed by atoms with Crippen LogP contribution in [0.1, 0.15) is 24.8 Å². The molecule has 0 N–H and O–H groups in total. The van der Waals surface area contributed by atoms with Crippen LogP contribution in [0.2, 0.25) is 0 Å². The van der Waals surface area contributed by atoms with Crippen molar-refractivity contribution in [2.24, 2.45) is 5.92 Å². The fourth-order valence-electron chi connectivity index (χ4n) is 1.67. The number of rotatable bonds is 4. The zero-order valence-electron chi connectivity index (χ0n) is 9.15. The van der Waals surface area contributed by atoms with Gasteiger partial charge < -0.3 is 4.90 Å². The molecule has 1 aromatic carbocycles. The summed E-state index contributed by atoms with van der Waals surface area (Å²) < 4.78 is 0. The normalized spacial score (nSPS) is 15.0. The predicted molar refractivity (Wildman–Crippen MR) is 60.3 cm³/mol. The van der Waals surface area contributed by atoms with Crippen LogP contribution in [0.25, 0.3) is 0 Å². The molecule has 1 fully saturated rings. The lowest BCUT2D eigenvalue weighted by Crippen LogP contribution is -2.26. The van der Waals surface area contributed by atoms with E-state index in [2.05, 4.69) is 12.1 Å². The molecule has 0 atom stereocenters. The third kappa shape index (κ3) is 3.08. The average molecular weight is 203 g/mol. The lowest BCUT2D eigenvalue weighted by molar-refractivity contribution is -0.130. The summed E-state index contributed by atoms with van der Waals surface area (Å²) in [5.74, 6) is 0.956. The summed E-state index contributed by atoms with van der Waals surface area (Å²) in [5.41, 5.74) is 1.20. The topological polar surface area (TPSA) is 20.3 Å². The van der Waals surface area contributed by atoms with E-state index in [-0.39, 0.29) is 5.91 Å². The minimum Gasteiger partial charge on any atom is -0.341 e. The molecule has 0 spiro atoms. The Hall–Kier alpha value is -1.31. The van der Waals surface area contributed by atoms with E-state index in [1.807, 2.05) is 30.1 Å². The third-order valence-electron chi connectivity index (χ3n) is 2.85. The second-order valence-electron chi connectivity index (χ2n) is 4.38. The van der Waals surface area contributed by atoms with Gasteiger partial charge in [-0.3, -0.25) is 4.79 Å². The zero-order valence-corrected chi connectivity index (χ0v) is 9.15. The summed E-state index contributed by atoms with van der Waals surface area (Å²) in [6.07, 6.45) is 3.22. The lowest BCUT2D eigenvalue weighted by Gasteiger charge is -2.17. The van der Waals surface area contributed by atoms with Gasteiger partial charge in [-0.15, -0.1) is 0 Å². The van der Waals surface area contributed by atoms with Gasteiger partial charge in [0.05, 0.1) is 0 Å². The summed E-state index contributed by atoms with van der Waals surface area (Å²) in [4.78, 5) is 13.6. The molecule has 1 saturated carbocycles. The van der Waals surface area contributed by atoms with Crippen LogP contribution in [-0.2, 0) is 11.3 Å². The maximum atomic E-state index is 11.7. The van der Waals surface area contributed by atoms with Gasteiger partial charge in [-0.2, -0.15) is 0 Å². The van der Waals surface area contributed by atoms with Crippen molar-refractivity contribution in [1.82, 2.24) is 4.90 Å². The monoisotopic (exact) mass is 203 g/mol. The lowest BCUT2D eigenvalue weighted by atomic mass is 10.2. The number of hydrogen-bond donors (Lipinski definition) is 0. The molecule has 0 bridgehead atoms. The van der Waals surface area contributed by atoms with E-state index in [0.29, 0.717) is 5.92 Å².